The molecule has 3 heteroatoms. The Labute approximate surface area is 222 Å². The van der Waals surface area contributed by atoms with Crippen LogP contribution in [0.3, 0.4) is 0 Å². The smallest absolute Gasteiger partial charge is 0.309 e. The lowest BCUT2D eigenvalue weighted by atomic mass is 9.69. The third kappa shape index (κ3) is 5.50. The van der Waals surface area contributed by atoms with E-state index in [0.29, 0.717) is 6.42 Å². The Balaban J connectivity index is 1.64. The summed E-state index contributed by atoms with van der Waals surface area (Å²) >= 11 is 0. The molecular weight excluding hydrogens is 456 g/mol. The molecule has 1 heterocycles. The minimum Gasteiger partial charge on any atom is -0.469 e. The number of hydrogen-bond donors (Lipinski definition) is 0. The fraction of sp³-hybridized carbons (Fsp3) is 0.382. The topological polar surface area (TPSA) is 38.8 Å². The SMILES string of the molecule is CCC1(C#Cc2ccc(C(CC)(CC)c3ccc(-c4ccc(CC(=O)OC)cc4)c(C)c3)cc2C)CO1. The van der Waals surface area contributed by atoms with Gasteiger partial charge in [-0.3, -0.25) is 4.79 Å². The lowest BCUT2D eigenvalue weighted by Gasteiger charge is -2.34. The van der Waals surface area contributed by atoms with Gasteiger partial charge < -0.3 is 9.47 Å². The first kappa shape index (κ1) is 26.7. The van der Waals surface area contributed by atoms with E-state index in [1.54, 1.807) is 0 Å². The molecule has 3 aromatic rings. The molecule has 1 unspecified atom stereocenters. The van der Waals surface area contributed by atoms with Crippen molar-refractivity contribution in [2.45, 2.75) is 71.3 Å². The summed E-state index contributed by atoms with van der Waals surface area (Å²) in [6.45, 7) is 11.8. The zero-order chi connectivity index (χ0) is 26.6. The molecule has 3 nitrogen and oxygen atoms in total. The number of hydrogen-bond acceptors (Lipinski definition) is 3. The van der Waals surface area contributed by atoms with Gasteiger partial charge in [0.2, 0.25) is 0 Å². The molecule has 0 radical (unpaired) electrons. The molecule has 0 N–H and O–H groups in total. The molecule has 0 spiro atoms. The second kappa shape index (κ2) is 11.0. The minimum absolute atomic E-state index is 0.0609. The van der Waals surface area contributed by atoms with Gasteiger partial charge in [-0.15, -0.1) is 0 Å². The maximum Gasteiger partial charge on any atom is 0.309 e. The second-order valence-electron chi connectivity index (χ2n) is 10.2. The molecule has 0 aromatic heterocycles. The third-order valence-electron chi connectivity index (χ3n) is 8.10. The highest BCUT2D eigenvalue weighted by Gasteiger charge is 2.41. The van der Waals surface area contributed by atoms with Gasteiger partial charge in [-0.2, -0.15) is 0 Å². The van der Waals surface area contributed by atoms with Crippen molar-refractivity contribution in [3.05, 3.63) is 94.0 Å². The Bertz CT molecular complexity index is 1330. The van der Waals surface area contributed by atoms with Crippen LogP contribution in [-0.2, 0) is 26.1 Å². The van der Waals surface area contributed by atoms with Crippen molar-refractivity contribution in [2.24, 2.45) is 0 Å². The number of carbonyl (C=O) groups excluding carboxylic acids is 1. The Morgan fingerprint density at radius 2 is 1.57 bits per heavy atom. The summed E-state index contributed by atoms with van der Waals surface area (Å²) in [6, 6.07) is 21.8. The predicted molar refractivity (Wildman–Crippen MR) is 151 cm³/mol. The van der Waals surface area contributed by atoms with Crippen LogP contribution in [0.1, 0.15) is 73.4 Å². The Kier molecular flexibility index (Phi) is 7.90. The van der Waals surface area contributed by atoms with Crippen LogP contribution in [0, 0.1) is 25.7 Å². The molecule has 0 bridgehead atoms. The van der Waals surface area contributed by atoms with E-state index >= 15 is 0 Å². The van der Waals surface area contributed by atoms with Crippen LogP contribution < -0.4 is 0 Å². The number of rotatable bonds is 8. The van der Waals surface area contributed by atoms with Crippen molar-refractivity contribution in [3.8, 4) is 23.0 Å². The number of esters is 1. The number of methoxy groups -OCH3 is 1. The molecule has 4 rings (SSSR count). The molecule has 3 aromatic carbocycles. The molecule has 0 amide bonds. The monoisotopic (exact) mass is 494 g/mol. The van der Waals surface area contributed by atoms with Crippen molar-refractivity contribution >= 4 is 5.97 Å². The van der Waals surface area contributed by atoms with Gasteiger partial charge >= 0.3 is 5.97 Å². The minimum atomic E-state index is -0.221. The molecule has 1 fully saturated rings. The highest BCUT2D eigenvalue weighted by atomic mass is 16.6. The molecule has 1 saturated heterocycles. The molecule has 0 aliphatic carbocycles. The van der Waals surface area contributed by atoms with E-state index in [1.807, 2.05) is 12.1 Å². The fourth-order valence-corrected chi connectivity index (χ4v) is 5.29. The first-order valence-corrected chi connectivity index (χ1v) is 13.3. The average Bonchev–Trinajstić information content (AvgIpc) is 3.70. The number of epoxide rings is 1. The van der Waals surface area contributed by atoms with Gasteiger partial charge in [-0.25, -0.2) is 0 Å². The van der Waals surface area contributed by atoms with Crippen LogP contribution in [0.15, 0.2) is 60.7 Å². The number of carbonyl (C=O) groups is 1. The summed E-state index contributed by atoms with van der Waals surface area (Å²) in [5, 5.41) is 0. The normalized spacial score (nSPS) is 16.6. The zero-order valence-corrected chi connectivity index (χ0v) is 23.0. The van der Waals surface area contributed by atoms with Crippen molar-refractivity contribution < 1.29 is 14.3 Å². The number of ether oxygens (including phenoxy) is 2. The van der Waals surface area contributed by atoms with E-state index in [4.69, 9.17) is 9.47 Å². The molecule has 1 aliphatic rings. The van der Waals surface area contributed by atoms with Crippen LogP contribution >= 0.6 is 0 Å². The van der Waals surface area contributed by atoms with E-state index in [-0.39, 0.29) is 17.0 Å². The molecule has 1 aliphatic heterocycles. The summed E-state index contributed by atoms with van der Waals surface area (Å²) < 4.78 is 10.4. The summed E-state index contributed by atoms with van der Waals surface area (Å²) in [6.07, 6.45) is 3.25. The maximum absolute atomic E-state index is 11.6. The summed E-state index contributed by atoms with van der Waals surface area (Å²) in [5.74, 6) is 6.50. The van der Waals surface area contributed by atoms with Crippen molar-refractivity contribution in [1.82, 2.24) is 0 Å². The van der Waals surface area contributed by atoms with Crippen molar-refractivity contribution in [1.29, 1.82) is 0 Å². The summed E-state index contributed by atoms with van der Waals surface area (Å²) in [4.78, 5) is 11.6. The molecular formula is C34H38O3. The molecule has 192 valence electrons. The first-order chi connectivity index (χ1) is 17.8. The summed E-state index contributed by atoms with van der Waals surface area (Å²) in [7, 11) is 1.42. The Morgan fingerprint density at radius 3 is 2.08 bits per heavy atom. The standard InChI is InChI=1S/C34H38O3/c1-7-33(23-37-33)19-18-27-14-15-29(20-24(27)4)34(8-2,9-3)30-16-17-31(25(5)21-30)28-12-10-26(11-13-28)22-32(35)36-6/h10-17,20-21H,7-9,22-23H2,1-6H3. The Morgan fingerprint density at radius 1 is 0.946 bits per heavy atom. The summed E-state index contributed by atoms with van der Waals surface area (Å²) in [5.41, 5.74) is 9.26. The number of aryl methyl sites for hydroxylation is 2. The zero-order valence-electron chi connectivity index (χ0n) is 23.0. The predicted octanol–water partition coefficient (Wildman–Crippen LogP) is 7.32. The first-order valence-electron chi connectivity index (χ1n) is 13.3. The van der Waals surface area contributed by atoms with Crippen molar-refractivity contribution in [3.63, 3.8) is 0 Å². The van der Waals surface area contributed by atoms with Gasteiger partial charge in [0.15, 0.2) is 5.60 Å². The quantitative estimate of drug-likeness (QED) is 0.187. The van der Waals surface area contributed by atoms with E-state index in [2.05, 4.69) is 95.0 Å². The largest absolute Gasteiger partial charge is 0.469 e. The lowest BCUT2D eigenvalue weighted by molar-refractivity contribution is -0.139. The van der Waals surface area contributed by atoms with E-state index in [9.17, 15) is 4.79 Å². The second-order valence-corrected chi connectivity index (χ2v) is 10.2. The van der Waals surface area contributed by atoms with Crippen LogP contribution in [0.25, 0.3) is 11.1 Å². The number of benzene rings is 3. The highest BCUT2D eigenvalue weighted by molar-refractivity contribution is 5.73. The van der Waals surface area contributed by atoms with E-state index in [0.717, 1.165) is 42.6 Å². The van der Waals surface area contributed by atoms with Gasteiger partial charge in [0, 0.05) is 11.0 Å². The van der Waals surface area contributed by atoms with Gasteiger partial charge in [-0.05, 0) is 78.1 Å². The third-order valence-corrected chi connectivity index (χ3v) is 8.10. The van der Waals surface area contributed by atoms with E-state index < -0.39 is 0 Å². The van der Waals surface area contributed by atoms with E-state index in [1.165, 1.54) is 34.9 Å². The fourth-order valence-electron chi connectivity index (χ4n) is 5.29. The van der Waals surface area contributed by atoms with Crippen LogP contribution in [-0.4, -0.2) is 25.3 Å². The van der Waals surface area contributed by atoms with Gasteiger partial charge in [-0.1, -0.05) is 87.2 Å². The van der Waals surface area contributed by atoms with Gasteiger partial charge in [0.05, 0.1) is 20.1 Å². The van der Waals surface area contributed by atoms with Gasteiger partial charge in [0.1, 0.15) is 0 Å². The molecule has 0 saturated carbocycles. The average molecular weight is 495 g/mol. The molecule has 37 heavy (non-hydrogen) atoms. The van der Waals surface area contributed by atoms with Crippen LogP contribution in [0.2, 0.25) is 0 Å². The maximum atomic E-state index is 11.6. The van der Waals surface area contributed by atoms with Crippen LogP contribution in [0.4, 0.5) is 0 Å². The van der Waals surface area contributed by atoms with Crippen LogP contribution in [0.5, 0.6) is 0 Å². The molecule has 1 atom stereocenters. The Hall–Kier alpha value is -3.35. The highest BCUT2D eigenvalue weighted by Crippen LogP contribution is 2.41. The van der Waals surface area contributed by atoms with Crippen molar-refractivity contribution in [2.75, 3.05) is 13.7 Å². The van der Waals surface area contributed by atoms with Gasteiger partial charge in [0.25, 0.3) is 0 Å². The lowest BCUT2D eigenvalue weighted by Crippen LogP contribution is -2.26.